The Balaban J connectivity index is 2.67. The van der Waals surface area contributed by atoms with Crippen LogP contribution in [0.5, 0.6) is 0 Å². The summed E-state index contributed by atoms with van der Waals surface area (Å²) >= 11 is 0. The molecule has 1 heterocycles. The summed E-state index contributed by atoms with van der Waals surface area (Å²) in [6, 6.07) is -0.797. The fourth-order valence-electron chi connectivity index (χ4n) is 2.04. The summed E-state index contributed by atoms with van der Waals surface area (Å²) in [5.41, 5.74) is -1.26. The van der Waals surface area contributed by atoms with Crippen LogP contribution in [0.15, 0.2) is 18.7 Å². The summed E-state index contributed by atoms with van der Waals surface area (Å²) in [4.78, 5) is 40.2. The number of nitrogens with zero attached hydrogens (tertiary/aromatic N) is 2. The Morgan fingerprint density at radius 2 is 1.69 bits per heavy atom. The first-order chi connectivity index (χ1) is 11.9. The molecule has 0 spiro atoms. The zero-order valence-corrected chi connectivity index (χ0v) is 16.4. The smallest absolute Gasteiger partial charge is 0.323 e. The van der Waals surface area contributed by atoms with Crippen molar-refractivity contribution in [2.24, 2.45) is 0 Å². The number of esters is 2. The molecular weight excluding hydrogens is 338 g/mol. The maximum atomic E-state index is 12.4. The van der Waals surface area contributed by atoms with Gasteiger partial charge in [0.05, 0.1) is 6.54 Å². The molecule has 0 unspecified atom stereocenters. The predicted octanol–water partition coefficient (Wildman–Crippen LogP) is 1.95. The average Bonchev–Trinajstić information content (AvgIpc) is 2.97. The van der Waals surface area contributed by atoms with Crippen molar-refractivity contribution in [3.05, 3.63) is 18.7 Å². The molecule has 0 saturated heterocycles. The Hall–Kier alpha value is -2.22. The Kier molecular flexibility index (Phi) is 7.50. The van der Waals surface area contributed by atoms with Crippen molar-refractivity contribution in [2.45, 2.75) is 71.6 Å². The molecule has 1 rings (SSSR count). The quantitative estimate of drug-likeness (QED) is 0.735. The van der Waals surface area contributed by atoms with Crippen LogP contribution in [0, 0.1) is 0 Å². The highest BCUT2D eigenvalue weighted by molar-refractivity contribution is 5.82. The van der Waals surface area contributed by atoms with E-state index in [1.807, 2.05) is 0 Å². The van der Waals surface area contributed by atoms with Gasteiger partial charge in [-0.05, 0) is 48.0 Å². The van der Waals surface area contributed by atoms with Gasteiger partial charge < -0.3 is 9.47 Å². The number of hydrogen-bond donors (Lipinski definition) is 1. The number of carbonyl (C=O) groups is 3. The van der Waals surface area contributed by atoms with E-state index in [1.165, 1.54) is 23.3 Å². The SMILES string of the molecule is CC(C)(C)OC(=O)CC[C@H](NCC(=O)n1ccnc1)C(=O)OC(C)(C)C. The maximum absolute atomic E-state index is 12.4. The molecule has 26 heavy (non-hydrogen) atoms. The van der Waals surface area contributed by atoms with E-state index in [9.17, 15) is 14.4 Å². The van der Waals surface area contributed by atoms with Gasteiger partial charge in [-0.2, -0.15) is 0 Å². The van der Waals surface area contributed by atoms with Gasteiger partial charge in [0.1, 0.15) is 23.6 Å². The standard InChI is InChI=1S/C18H29N3O5/c1-17(2,3)25-15(23)8-7-13(16(24)26-18(4,5)6)20-11-14(22)21-10-9-19-12-21/h9-10,12-13,20H,7-8,11H2,1-6H3/t13-/m0/s1. The summed E-state index contributed by atoms with van der Waals surface area (Å²) in [5, 5.41) is 2.87. The van der Waals surface area contributed by atoms with E-state index in [0.717, 1.165) is 0 Å². The molecule has 0 aromatic carbocycles. The van der Waals surface area contributed by atoms with Gasteiger partial charge >= 0.3 is 11.9 Å². The van der Waals surface area contributed by atoms with Gasteiger partial charge in [-0.3, -0.25) is 24.3 Å². The molecule has 0 bridgehead atoms. The van der Waals surface area contributed by atoms with Crippen LogP contribution >= 0.6 is 0 Å². The number of carbonyl (C=O) groups excluding carboxylic acids is 3. The number of ether oxygens (including phenoxy) is 2. The number of imidazole rings is 1. The normalized spacial score (nSPS) is 13.2. The van der Waals surface area contributed by atoms with Gasteiger partial charge in [0.25, 0.3) is 0 Å². The second kappa shape index (κ2) is 8.93. The lowest BCUT2D eigenvalue weighted by atomic mass is 10.1. The van der Waals surface area contributed by atoms with Gasteiger partial charge in [-0.1, -0.05) is 0 Å². The minimum atomic E-state index is -0.797. The minimum Gasteiger partial charge on any atom is -0.460 e. The molecular formula is C18H29N3O5. The molecule has 0 aliphatic carbocycles. The van der Waals surface area contributed by atoms with Gasteiger partial charge in [0.2, 0.25) is 5.91 Å². The summed E-state index contributed by atoms with van der Waals surface area (Å²) in [7, 11) is 0. The van der Waals surface area contributed by atoms with Gasteiger partial charge in [-0.25, -0.2) is 4.98 Å². The van der Waals surface area contributed by atoms with Crippen molar-refractivity contribution in [2.75, 3.05) is 6.54 Å². The summed E-state index contributed by atoms with van der Waals surface area (Å²) < 4.78 is 11.9. The third-order valence-corrected chi connectivity index (χ3v) is 3.04. The summed E-state index contributed by atoms with van der Waals surface area (Å²) in [6.45, 7) is 10.5. The van der Waals surface area contributed by atoms with Crippen molar-refractivity contribution in [1.82, 2.24) is 14.9 Å². The zero-order valence-electron chi connectivity index (χ0n) is 16.4. The van der Waals surface area contributed by atoms with Crippen LogP contribution in [0.4, 0.5) is 0 Å². The predicted molar refractivity (Wildman–Crippen MR) is 95.6 cm³/mol. The van der Waals surface area contributed by atoms with Crippen molar-refractivity contribution < 1.29 is 23.9 Å². The molecule has 0 radical (unpaired) electrons. The molecule has 1 atom stereocenters. The highest BCUT2D eigenvalue weighted by Gasteiger charge is 2.27. The van der Waals surface area contributed by atoms with Crippen LogP contribution in [-0.2, 0) is 19.1 Å². The first-order valence-corrected chi connectivity index (χ1v) is 8.56. The van der Waals surface area contributed by atoms with E-state index >= 15 is 0 Å². The summed E-state index contributed by atoms with van der Waals surface area (Å²) in [5.74, 6) is -1.19. The maximum Gasteiger partial charge on any atom is 0.323 e. The van der Waals surface area contributed by atoms with Crippen LogP contribution in [0.3, 0.4) is 0 Å². The van der Waals surface area contributed by atoms with E-state index in [0.29, 0.717) is 0 Å². The molecule has 8 nitrogen and oxygen atoms in total. The second-order valence-corrected chi connectivity index (χ2v) is 7.96. The van der Waals surface area contributed by atoms with Gasteiger partial charge in [0, 0.05) is 18.8 Å². The molecule has 0 aliphatic rings. The van der Waals surface area contributed by atoms with E-state index in [2.05, 4.69) is 10.3 Å². The van der Waals surface area contributed by atoms with E-state index in [4.69, 9.17) is 9.47 Å². The lowest BCUT2D eigenvalue weighted by Gasteiger charge is -2.25. The van der Waals surface area contributed by atoms with E-state index in [1.54, 1.807) is 41.5 Å². The van der Waals surface area contributed by atoms with Crippen LogP contribution in [0.25, 0.3) is 0 Å². The Morgan fingerprint density at radius 1 is 1.08 bits per heavy atom. The lowest BCUT2D eigenvalue weighted by Crippen LogP contribution is -2.44. The molecule has 0 saturated carbocycles. The van der Waals surface area contributed by atoms with Crippen LogP contribution < -0.4 is 5.32 Å². The van der Waals surface area contributed by atoms with Crippen molar-refractivity contribution in [1.29, 1.82) is 0 Å². The molecule has 1 aromatic rings. The number of aromatic nitrogens is 2. The van der Waals surface area contributed by atoms with Crippen molar-refractivity contribution in [3.63, 3.8) is 0 Å². The van der Waals surface area contributed by atoms with Gasteiger partial charge in [-0.15, -0.1) is 0 Å². The Morgan fingerprint density at radius 3 is 2.19 bits per heavy atom. The molecule has 1 aromatic heterocycles. The molecule has 0 aliphatic heterocycles. The van der Waals surface area contributed by atoms with E-state index in [-0.39, 0.29) is 25.3 Å². The van der Waals surface area contributed by atoms with Gasteiger partial charge in [0.15, 0.2) is 0 Å². The topological polar surface area (TPSA) is 99.5 Å². The van der Waals surface area contributed by atoms with Crippen molar-refractivity contribution >= 4 is 17.8 Å². The fraction of sp³-hybridized carbons (Fsp3) is 0.667. The molecule has 0 amide bonds. The Labute approximate surface area is 154 Å². The van der Waals surface area contributed by atoms with Crippen LogP contribution in [-0.4, -0.2) is 51.2 Å². The third kappa shape index (κ3) is 8.75. The van der Waals surface area contributed by atoms with Crippen LogP contribution in [0.2, 0.25) is 0 Å². The molecule has 8 heteroatoms. The highest BCUT2D eigenvalue weighted by Crippen LogP contribution is 2.13. The lowest BCUT2D eigenvalue weighted by molar-refractivity contribution is -0.158. The monoisotopic (exact) mass is 367 g/mol. The number of nitrogens with one attached hydrogen (secondary N) is 1. The summed E-state index contributed by atoms with van der Waals surface area (Å²) in [6.07, 6.45) is 4.60. The van der Waals surface area contributed by atoms with Crippen LogP contribution in [0.1, 0.15) is 59.2 Å². The number of hydrogen-bond acceptors (Lipinski definition) is 7. The molecule has 0 fully saturated rings. The third-order valence-electron chi connectivity index (χ3n) is 3.04. The Bertz CT molecular complexity index is 612. The highest BCUT2D eigenvalue weighted by atomic mass is 16.6. The average molecular weight is 367 g/mol. The largest absolute Gasteiger partial charge is 0.460 e. The fourth-order valence-corrected chi connectivity index (χ4v) is 2.04. The minimum absolute atomic E-state index is 0.0352. The first kappa shape index (κ1) is 21.8. The molecule has 1 N–H and O–H groups in total. The number of rotatable bonds is 7. The second-order valence-electron chi connectivity index (χ2n) is 7.96. The molecule has 146 valence electrons. The first-order valence-electron chi connectivity index (χ1n) is 8.56. The van der Waals surface area contributed by atoms with E-state index < -0.39 is 29.2 Å². The zero-order chi connectivity index (χ0) is 20.0. The van der Waals surface area contributed by atoms with Crippen molar-refractivity contribution in [3.8, 4) is 0 Å².